The van der Waals surface area contributed by atoms with Gasteiger partial charge in [0.2, 0.25) is 11.8 Å². The number of hydrogen-bond donors (Lipinski definition) is 3. The lowest BCUT2D eigenvalue weighted by atomic mass is 10.4. The molecule has 0 radical (unpaired) electrons. The molecule has 6 nitrogen and oxygen atoms in total. The Kier molecular flexibility index (Phi) is 14.2. The van der Waals surface area contributed by atoms with Gasteiger partial charge in [-0.05, 0) is 0 Å². The molecular weight excluding hydrogens is 311 g/mol. The fourth-order valence-electron chi connectivity index (χ4n) is 1.49. The molecule has 0 unspecified atom stereocenters. The zero-order valence-corrected chi connectivity index (χ0v) is 13.2. The van der Waals surface area contributed by atoms with E-state index < -0.39 is 0 Å². The van der Waals surface area contributed by atoms with Crippen LogP contribution < -0.4 is 16.4 Å². The van der Waals surface area contributed by atoms with Crippen LogP contribution in [0.15, 0.2) is 0 Å². The van der Waals surface area contributed by atoms with Crippen LogP contribution in [-0.2, 0) is 9.59 Å². The first-order valence-electron chi connectivity index (χ1n) is 5.76. The van der Waals surface area contributed by atoms with E-state index in [2.05, 4.69) is 15.5 Å². The molecule has 114 valence electrons. The maximum atomic E-state index is 11.3. The third-order valence-electron chi connectivity index (χ3n) is 2.49. The van der Waals surface area contributed by atoms with Crippen LogP contribution in [0.1, 0.15) is 0 Å². The molecular formula is C10H22Cl2N4O2S. The molecule has 0 spiro atoms. The molecule has 0 saturated carbocycles. The number of carbonyl (C=O) groups excluding carboxylic acids is 2. The van der Waals surface area contributed by atoms with Crippen molar-refractivity contribution in [2.75, 3.05) is 50.8 Å². The second kappa shape index (κ2) is 12.8. The van der Waals surface area contributed by atoms with E-state index in [1.165, 1.54) is 11.5 Å². The highest BCUT2D eigenvalue weighted by atomic mass is 35.5. The molecule has 0 atom stereocenters. The van der Waals surface area contributed by atoms with E-state index in [1.54, 1.807) is 0 Å². The summed E-state index contributed by atoms with van der Waals surface area (Å²) in [6.07, 6.45) is 0. The van der Waals surface area contributed by atoms with E-state index in [9.17, 15) is 9.59 Å². The third kappa shape index (κ3) is 10.3. The van der Waals surface area contributed by atoms with Crippen molar-refractivity contribution in [3.63, 3.8) is 0 Å². The second-order valence-corrected chi connectivity index (χ2v) is 5.01. The van der Waals surface area contributed by atoms with E-state index >= 15 is 0 Å². The van der Waals surface area contributed by atoms with Gasteiger partial charge in [-0.1, -0.05) is 0 Å². The van der Waals surface area contributed by atoms with E-state index in [0.717, 1.165) is 19.6 Å². The largest absolute Gasteiger partial charge is 0.353 e. The summed E-state index contributed by atoms with van der Waals surface area (Å²) in [6, 6.07) is 0. The van der Waals surface area contributed by atoms with Gasteiger partial charge in [-0.3, -0.25) is 14.5 Å². The Labute approximate surface area is 130 Å². The van der Waals surface area contributed by atoms with Crippen molar-refractivity contribution in [2.45, 2.75) is 0 Å². The van der Waals surface area contributed by atoms with E-state index in [-0.39, 0.29) is 49.7 Å². The van der Waals surface area contributed by atoms with Crippen LogP contribution in [0.5, 0.6) is 0 Å². The topological polar surface area (TPSA) is 87.5 Å². The fourth-order valence-corrected chi connectivity index (χ4v) is 2.47. The molecule has 9 heteroatoms. The van der Waals surface area contributed by atoms with Gasteiger partial charge in [-0.25, -0.2) is 0 Å². The molecule has 1 fully saturated rings. The first-order chi connectivity index (χ1) is 8.22. The van der Waals surface area contributed by atoms with Gasteiger partial charge in [0, 0.05) is 37.7 Å². The predicted octanol–water partition coefficient (Wildman–Crippen LogP) is -0.930. The molecule has 1 saturated heterocycles. The molecule has 0 aromatic rings. The van der Waals surface area contributed by atoms with Gasteiger partial charge in [-0.2, -0.15) is 11.8 Å². The minimum Gasteiger partial charge on any atom is -0.353 e. The molecule has 19 heavy (non-hydrogen) atoms. The van der Waals surface area contributed by atoms with Gasteiger partial charge in [0.05, 0.1) is 13.1 Å². The maximum absolute atomic E-state index is 11.3. The summed E-state index contributed by atoms with van der Waals surface area (Å²) in [4.78, 5) is 24.5. The Morgan fingerprint density at radius 2 is 1.74 bits per heavy atom. The Bertz CT molecular complexity index is 266. The number of thioether (sulfide) groups is 1. The highest BCUT2D eigenvalue weighted by Gasteiger charge is 2.10. The van der Waals surface area contributed by atoms with Crippen molar-refractivity contribution in [3.05, 3.63) is 0 Å². The lowest BCUT2D eigenvalue weighted by Gasteiger charge is -2.25. The zero-order valence-electron chi connectivity index (χ0n) is 10.7. The summed E-state index contributed by atoms with van der Waals surface area (Å²) >= 11 is 1.96. The number of nitrogens with zero attached hydrogens (tertiary/aromatic N) is 1. The minimum atomic E-state index is -0.312. The van der Waals surface area contributed by atoms with E-state index in [4.69, 9.17) is 5.73 Å². The number of halogens is 2. The molecule has 1 rings (SSSR count). The normalized spacial score (nSPS) is 14.8. The Balaban J connectivity index is 0. The summed E-state index contributed by atoms with van der Waals surface area (Å²) in [5, 5.41) is 5.19. The quantitative estimate of drug-likeness (QED) is 0.585. The van der Waals surface area contributed by atoms with E-state index in [0.29, 0.717) is 6.54 Å². The molecule has 2 amide bonds. The molecule has 4 N–H and O–H groups in total. The van der Waals surface area contributed by atoms with Crippen molar-refractivity contribution in [2.24, 2.45) is 5.73 Å². The Hall–Kier alpha value is -0.210. The van der Waals surface area contributed by atoms with Crippen molar-refractivity contribution in [3.8, 4) is 0 Å². The smallest absolute Gasteiger partial charge is 0.239 e. The predicted molar refractivity (Wildman–Crippen MR) is 83.3 cm³/mol. The van der Waals surface area contributed by atoms with Gasteiger partial charge in [0.1, 0.15) is 0 Å². The van der Waals surface area contributed by atoms with Crippen LogP contribution in [-0.4, -0.2) is 67.5 Å². The first kappa shape index (κ1) is 21.1. The SMILES string of the molecule is Cl.Cl.NCC(=O)NCC(=O)NCCN1CCSCC1. The lowest BCUT2D eigenvalue weighted by Crippen LogP contribution is -2.43. The molecule has 1 aliphatic heterocycles. The monoisotopic (exact) mass is 332 g/mol. The molecule has 0 bridgehead atoms. The highest BCUT2D eigenvalue weighted by Crippen LogP contribution is 2.07. The average molecular weight is 333 g/mol. The van der Waals surface area contributed by atoms with Crippen molar-refractivity contribution >= 4 is 48.4 Å². The number of nitrogens with one attached hydrogen (secondary N) is 2. The van der Waals surface area contributed by atoms with Crippen LogP contribution in [0.4, 0.5) is 0 Å². The number of nitrogens with two attached hydrogens (primary N) is 1. The third-order valence-corrected chi connectivity index (χ3v) is 3.43. The van der Waals surface area contributed by atoms with Gasteiger partial charge in [-0.15, -0.1) is 24.8 Å². The van der Waals surface area contributed by atoms with Gasteiger partial charge in [0.25, 0.3) is 0 Å². The highest BCUT2D eigenvalue weighted by molar-refractivity contribution is 7.99. The van der Waals surface area contributed by atoms with Gasteiger partial charge < -0.3 is 16.4 Å². The van der Waals surface area contributed by atoms with Crippen LogP contribution in [0.25, 0.3) is 0 Å². The van der Waals surface area contributed by atoms with Gasteiger partial charge in [0.15, 0.2) is 0 Å². The summed E-state index contributed by atoms with van der Waals surface area (Å²) in [6.45, 7) is 3.60. The summed E-state index contributed by atoms with van der Waals surface area (Å²) in [7, 11) is 0. The summed E-state index contributed by atoms with van der Waals surface area (Å²) < 4.78 is 0. The number of amides is 2. The maximum Gasteiger partial charge on any atom is 0.239 e. The molecule has 0 aliphatic carbocycles. The standard InChI is InChI=1S/C10H20N4O2S.2ClH/c11-7-9(15)13-8-10(16)12-1-2-14-3-5-17-6-4-14;;/h1-8,11H2,(H,12,16)(H,13,15);2*1H. The van der Waals surface area contributed by atoms with Crippen molar-refractivity contribution in [1.29, 1.82) is 0 Å². The van der Waals surface area contributed by atoms with Crippen LogP contribution in [0, 0.1) is 0 Å². The Morgan fingerprint density at radius 3 is 2.32 bits per heavy atom. The zero-order chi connectivity index (χ0) is 12.5. The second-order valence-electron chi connectivity index (χ2n) is 3.78. The molecule has 0 aromatic heterocycles. The minimum absolute atomic E-state index is 0. The molecule has 0 aromatic carbocycles. The number of carbonyl (C=O) groups is 2. The summed E-state index contributed by atoms with van der Waals surface area (Å²) in [5.41, 5.74) is 5.10. The average Bonchev–Trinajstić information content (AvgIpc) is 2.37. The van der Waals surface area contributed by atoms with Crippen LogP contribution in [0.3, 0.4) is 0 Å². The van der Waals surface area contributed by atoms with Crippen LogP contribution >= 0.6 is 36.6 Å². The molecule has 1 aliphatic rings. The van der Waals surface area contributed by atoms with E-state index in [1.807, 2.05) is 11.8 Å². The van der Waals surface area contributed by atoms with Gasteiger partial charge >= 0.3 is 0 Å². The van der Waals surface area contributed by atoms with Crippen molar-refractivity contribution in [1.82, 2.24) is 15.5 Å². The summed E-state index contributed by atoms with van der Waals surface area (Å²) in [5.74, 6) is 1.85. The van der Waals surface area contributed by atoms with Crippen molar-refractivity contribution < 1.29 is 9.59 Å². The number of hydrogen-bond acceptors (Lipinski definition) is 5. The molecule has 1 heterocycles. The Morgan fingerprint density at radius 1 is 1.11 bits per heavy atom. The first-order valence-corrected chi connectivity index (χ1v) is 6.91. The number of rotatable bonds is 6. The van der Waals surface area contributed by atoms with Crippen LogP contribution in [0.2, 0.25) is 0 Å². The lowest BCUT2D eigenvalue weighted by molar-refractivity contribution is -0.125. The fraction of sp³-hybridized carbons (Fsp3) is 0.800.